The molecule has 0 aliphatic carbocycles. The highest BCUT2D eigenvalue weighted by molar-refractivity contribution is 9.10. The van der Waals surface area contributed by atoms with Crippen LogP contribution in [-0.2, 0) is 17.6 Å². The highest BCUT2D eigenvalue weighted by Gasteiger charge is 2.32. The number of rotatable bonds is 6. The first-order valence-corrected chi connectivity index (χ1v) is 11.8. The minimum absolute atomic E-state index is 0.0960. The van der Waals surface area contributed by atoms with Crippen molar-refractivity contribution < 1.29 is 22.7 Å². The van der Waals surface area contributed by atoms with Crippen LogP contribution < -0.4 is 0 Å². The topological polar surface area (TPSA) is 44.1 Å². The fraction of sp³-hybridized carbons (Fsp3) is 0.467. The number of ether oxygens (including phenoxy) is 1. The van der Waals surface area contributed by atoms with Gasteiger partial charge < -0.3 is 4.74 Å². The normalized spacial score (nSPS) is 12.8. The first kappa shape index (κ1) is 19.1. The van der Waals surface area contributed by atoms with Gasteiger partial charge in [0.05, 0.1) is 5.56 Å². The summed E-state index contributed by atoms with van der Waals surface area (Å²) in [6, 6.07) is 2.77. The average molecular weight is 423 g/mol. The summed E-state index contributed by atoms with van der Waals surface area (Å²) in [6.07, 6.45) is -4.14. The van der Waals surface area contributed by atoms with Gasteiger partial charge >= 0.3 is 6.18 Å². The van der Waals surface area contributed by atoms with Crippen LogP contribution in [0.15, 0.2) is 16.7 Å². The second kappa shape index (κ2) is 6.97. The standard InChI is InChI=1S/C15H18BrF3N2O2Si/c1-24(2,3)5-4-23-9-21-14(16)12-7-11(15(17,18)19)6-10(8-22)13(12)20-21/h6-8H,4-5,9H2,1-3H3/q-1. The summed E-state index contributed by atoms with van der Waals surface area (Å²) in [4.78, 5) is 11.1. The van der Waals surface area contributed by atoms with E-state index in [9.17, 15) is 18.0 Å². The molecule has 2 aromatic rings. The Labute approximate surface area is 147 Å². The summed E-state index contributed by atoms with van der Waals surface area (Å²) in [5, 5.41) is 4.43. The third kappa shape index (κ3) is 4.45. The van der Waals surface area contributed by atoms with Crippen LogP contribution in [0, 0.1) is 0 Å². The lowest BCUT2D eigenvalue weighted by Gasteiger charge is -2.26. The maximum atomic E-state index is 13.0. The average Bonchev–Trinajstić information content (AvgIpc) is 2.78. The number of nitrogens with zero attached hydrogens (tertiary/aromatic N) is 2. The van der Waals surface area contributed by atoms with E-state index in [1.54, 1.807) is 0 Å². The molecule has 0 saturated heterocycles. The van der Waals surface area contributed by atoms with Crippen LogP contribution in [0.4, 0.5) is 13.2 Å². The Hall–Kier alpha value is -1.19. The van der Waals surface area contributed by atoms with Gasteiger partial charge in [-0.15, -0.1) is 14.1 Å². The molecule has 0 aliphatic rings. The van der Waals surface area contributed by atoms with E-state index in [-0.39, 0.29) is 23.2 Å². The first-order chi connectivity index (χ1) is 11.0. The third-order valence-corrected chi connectivity index (χ3v) is 6.01. The molecular formula is C15H18BrF3N2O2Si-. The van der Waals surface area contributed by atoms with E-state index in [1.807, 2.05) is 0 Å². The Morgan fingerprint density at radius 3 is 2.54 bits per heavy atom. The maximum absolute atomic E-state index is 13.0. The van der Waals surface area contributed by atoms with E-state index in [4.69, 9.17) is 4.74 Å². The Kier molecular flexibility index (Phi) is 5.56. The number of hydrogen-bond donors (Lipinski definition) is 0. The molecular weight excluding hydrogens is 405 g/mol. The van der Waals surface area contributed by atoms with E-state index in [0.717, 1.165) is 18.2 Å². The summed E-state index contributed by atoms with van der Waals surface area (Å²) in [5.41, 5.74) is -0.753. The quantitative estimate of drug-likeness (QED) is 0.376. The predicted octanol–water partition coefficient (Wildman–Crippen LogP) is 4.94. The number of carbonyl (C=O) groups is 1. The number of benzene rings is 1. The summed E-state index contributed by atoms with van der Waals surface area (Å²) >= 11 is 3.25. The van der Waals surface area contributed by atoms with E-state index in [2.05, 4.69) is 40.7 Å². The van der Waals surface area contributed by atoms with Gasteiger partial charge in [0.1, 0.15) is 16.9 Å². The molecule has 0 radical (unpaired) electrons. The summed E-state index contributed by atoms with van der Waals surface area (Å²) in [5.74, 6) is 0. The van der Waals surface area contributed by atoms with E-state index in [0.29, 0.717) is 17.5 Å². The van der Waals surface area contributed by atoms with Crippen molar-refractivity contribution in [3.8, 4) is 0 Å². The lowest BCUT2D eigenvalue weighted by atomic mass is 10.1. The van der Waals surface area contributed by atoms with Gasteiger partial charge in [-0.2, -0.15) is 37.9 Å². The SMILES string of the molecule is C[Si-](C)(C)CCOCn1nc2c(C=O)cc(C(F)(F)F)cc2c1Br. The van der Waals surface area contributed by atoms with Crippen LogP contribution in [0.3, 0.4) is 0 Å². The molecule has 0 amide bonds. The van der Waals surface area contributed by atoms with Crippen molar-refractivity contribution in [2.75, 3.05) is 6.61 Å². The van der Waals surface area contributed by atoms with Gasteiger partial charge in [0.15, 0.2) is 6.29 Å². The Morgan fingerprint density at radius 2 is 2.00 bits per heavy atom. The van der Waals surface area contributed by atoms with Crippen LogP contribution in [0.25, 0.3) is 10.9 Å². The molecule has 9 heteroatoms. The Bertz CT molecular complexity index is 754. The highest BCUT2D eigenvalue weighted by atomic mass is 79.9. The zero-order valence-electron chi connectivity index (χ0n) is 13.6. The molecule has 0 bridgehead atoms. The smallest absolute Gasteiger partial charge is 0.362 e. The highest BCUT2D eigenvalue weighted by Crippen LogP contribution is 2.35. The van der Waals surface area contributed by atoms with Gasteiger partial charge in [0, 0.05) is 17.6 Å². The molecule has 0 atom stereocenters. The Morgan fingerprint density at radius 1 is 1.33 bits per heavy atom. The summed E-state index contributed by atoms with van der Waals surface area (Å²) in [7, 11) is -1.22. The first-order valence-electron chi connectivity index (χ1n) is 7.33. The monoisotopic (exact) mass is 422 g/mol. The van der Waals surface area contributed by atoms with Crippen molar-refractivity contribution in [1.82, 2.24) is 9.78 Å². The van der Waals surface area contributed by atoms with Gasteiger partial charge in [-0.3, -0.25) is 4.79 Å². The van der Waals surface area contributed by atoms with Crippen LogP contribution in [-0.4, -0.2) is 30.7 Å². The number of aromatic nitrogens is 2. The second-order valence-electron chi connectivity index (χ2n) is 6.72. The molecule has 1 heterocycles. The molecule has 1 aromatic carbocycles. The van der Waals surface area contributed by atoms with Gasteiger partial charge in [-0.25, -0.2) is 4.68 Å². The van der Waals surface area contributed by atoms with E-state index in [1.165, 1.54) is 4.68 Å². The number of hydrogen-bond acceptors (Lipinski definition) is 3. The Balaban J connectivity index is 2.30. The third-order valence-electron chi connectivity index (χ3n) is 3.47. The minimum atomic E-state index is -4.53. The predicted molar refractivity (Wildman–Crippen MR) is 91.9 cm³/mol. The second-order valence-corrected chi connectivity index (χ2v) is 13.1. The largest absolute Gasteiger partial charge is 0.416 e. The zero-order valence-corrected chi connectivity index (χ0v) is 16.2. The molecule has 0 N–H and O–H groups in total. The van der Waals surface area contributed by atoms with Crippen molar-refractivity contribution in [1.29, 1.82) is 0 Å². The zero-order chi connectivity index (χ0) is 18.1. The lowest BCUT2D eigenvalue weighted by molar-refractivity contribution is -0.137. The molecule has 133 valence electrons. The van der Waals surface area contributed by atoms with Gasteiger partial charge in [-0.05, 0) is 28.1 Å². The van der Waals surface area contributed by atoms with E-state index < -0.39 is 19.8 Å². The summed E-state index contributed by atoms with van der Waals surface area (Å²) < 4.78 is 46.2. The number of aldehydes is 1. The molecule has 0 spiro atoms. The number of fused-ring (bicyclic) bond motifs is 1. The molecule has 24 heavy (non-hydrogen) atoms. The van der Waals surface area contributed by atoms with E-state index >= 15 is 0 Å². The molecule has 0 fully saturated rings. The van der Waals surface area contributed by atoms with Crippen molar-refractivity contribution in [2.24, 2.45) is 0 Å². The van der Waals surface area contributed by atoms with Gasteiger partial charge in [0.2, 0.25) is 0 Å². The van der Waals surface area contributed by atoms with Crippen molar-refractivity contribution in [3.63, 3.8) is 0 Å². The van der Waals surface area contributed by atoms with Crippen LogP contribution in [0.1, 0.15) is 15.9 Å². The maximum Gasteiger partial charge on any atom is 0.416 e. The summed E-state index contributed by atoms with van der Waals surface area (Å²) in [6.45, 7) is 7.35. The number of halogens is 4. The van der Waals surface area contributed by atoms with Crippen LogP contribution in [0.5, 0.6) is 0 Å². The molecule has 0 saturated carbocycles. The van der Waals surface area contributed by atoms with Gasteiger partial charge in [0.25, 0.3) is 0 Å². The molecule has 1 aromatic heterocycles. The van der Waals surface area contributed by atoms with Crippen molar-refractivity contribution in [2.45, 2.75) is 38.6 Å². The fourth-order valence-electron chi connectivity index (χ4n) is 2.10. The molecule has 4 nitrogen and oxygen atoms in total. The molecule has 0 aliphatic heterocycles. The van der Waals surface area contributed by atoms with Crippen LogP contribution in [0.2, 0.25) is 25.7 Å². The lowest BCUT2D eigenvalue weighted by Crippen LogP contribution is -2.22. The minimum Gasteiger partial charge on any atom is -0.362 e. The number of alkyl halides is 3. The fourth-order valence-corrected chi connectivity index (χ4v) is 3.34. The van der Waals surface area contributed by atoms with Crippen LogP contribution >= 0.6 is 15.9 Å². The van der Waals surface area contributed by atoms with Crippen molar-refractivity contribution in [3.05, 3.63) is 27.9 Å². The molecule has 0 unspecified atom stereocenters. The molecule has 2 rings (SSSR count). The van der Waals surface area contributed by atoms with Crippen molar-refractivity contribution >= 4 is 41.2 Å². The number of carbonyl (C=O) groups excluding carboxylic acids is 1. The van der Waals surface area contributed by atoms with Gasteiger partial charge in [-0.1, -0.05) is 0 Å².